The minimum absolute atomic E-state index is 0.0661. The molecule has 5 heteroatoms. The quantitative estimate of drug-likeness (QED) is 0.911. The summed E-state index contributed by atoms with van der Waals surface area (Å²) in [5, 5.41) is 1.16. The molecule has 0 bridgehead atoms. The first-order chi connectivity index (χ1) is 9.20. The minimum Gasteiger partial charge on any atom is -0.336 e. The van der Waals surface area contributed by atoms with Crippen molar-refractivity contribution >= 4 is 17.2 Å². The summed E-state index contributed by atoms with van der Waals surface area (Å²) in [5.74, 6) is 0.242. The summed E-state index contributed by atoms with van der Waals surface area (Å²) in [5.41, 5.74) is 7.23. The van der Waals surface area contributed by atoms with Crippen molar-refractivity contribution in [1.82, 2.24) is 9.88 Å². The van der Waals surface area contributed by atoms with Gasteiger partial charge in [-0.05, 0) is 5.92 Å². The Morgan fingerprint density at radius 1 is 1.40 bits per heavy atom. The second kappa shape index (κ2) is 5.45. The van der Waals surface area contributed by atoms with E-state index < -0.39 is 6.04 Å². The molecule has 2 N–H and O–H groups in total. The number of rotatable bonds is 2. The molecule has 0 aliphatic carbocycles. The zero-order valence-corrected chi connectivity index (χ0v) is 13.9. The molecule has 1 atom stereocenters. The number of nitrogens with zero attached hydrogens (tertiary/aromatic N) is 2. The van der Waals surface area contributed by atoms with Gasteiger partial charge in [0.1, 0.15) is 0 Å². The van der Waals surface area contributed by atoms with E-state index in [4.69, 9.17) is 10.7 Å². The lowest BCUT2D eigenvalue weighted by molar-refractivity contribution is -0.134. The SMILES string of the molecule is CC(C)C(N)C(=O)N1CCc2nc(C(C)(C)C)sc2C1. The first-order valence-corrected chi connectivity index (χ1v) is 8.05. The summed E-state index contributed by atoms with van der Waals surface area (Å²) in [6, 6.07) is -0.397. The van der Waals surface area contributed by atoms with Crippen LogP contribution in [0.4, 0.5) is 0 Å². The van der Waals surface area contributed by atoms with E-state index >= 15 is 0 Å². The van der Waals surface area contributed by atoms with Crippen molar-refractivity contribution in [2.45, 2.75) is 59.0 Å². The molecule has 1 amide bonds. The lowest BCUT2D eigenvalue weighted by atomic mass is 9.98. The van der Waals surface area contributed by atoms with Gasteiger partial charge in [0.05, 0.1) is 23.3 Å². The van der Waals surface area contributed by atoms with Crippen LogP contribution in [-0.4, -0.2) is 28.4 Å². The average Bonchev–Trinajstić information content (AvgIpc) is 2.79. The summed E-state index contributed by atoms with van der Waals surface area (Å²) in [4.78, 5) is 20.2. The number of aromatic nitrogens is 1. The van der Waals surface area contributed by atoms with Gasteiger partial charge in [-0.2, -0.15) is 0 Å². The molecule has 112 valence electrons. The van der Waals surface area contributed by atoms with Crippen molar-refractivity contribution in [1.29, 1.82) is 0 Å². The number of carbonyl (C=O) groups is 1. The second-order valence-corrected chi connectivity index (χ2v) is 8.00. The Bertz CT molecular complexity index is 502. The van der Waals surface area contributed by atoms with Gasteiger partial charge in [0.15, 0.2) is 0 Å². The van der Waals surface area contributed by atoms with E-state index in [1.54, 1.807) is 11.3 Å². The predicted molar refractivity (Wildman–Crippen MR) is 82.7 cm³/mol. The maximum Gasteiger partial charge on any atom is 0.240 e. The first-order valence-electron chi connectivity index (χ1n) is 7.23. The van der Waals surface area contributed by atoms with Crippen LogP contribution < -0.4 is 5.73 Å². The lowest BCUT2D eigenvalue weighted by Gasteiger charge is -2.29. The van der Waals surface area contributed by atoms with Crippen molar-refractivity contribution in [3.63, 3.8) is 0 Å². The Labute approximate surface area is 125 Å². The van der Waals surface area contributed by atoms with Gasteiger partial charge in [-0.25, -0.2) is 4.98 Å². The Kier molecular flexibility index (Phi) is 4.21. The Morgan fingerprint density at radius 3 is 2.60 bits per heavy atom. The highest BCUT2D eigenvalue weighted by Gasteiger charge is 2.30. The zero-order chi connectivity index (χ0) is 15.1. The van der Waals surface area contributed by atoms with Crippen LogP contribution in [-0.2, 0) is 23.2 Å². The fourth-order valence-corrected chi connectivity index (χ4v) is 3.38. The van der Waals surface area contributed by atoms with E-state index in [0.717, 1.165) is 18.0 Å². The van der Waals surface area contributed by atoms with E-state index in [0.29, 0.717) is 6.54 Å². The maximum absolute atomic E-state index is 12.3. The Hall–Kier alpha value is -0.940. The topological polar surface area (TPSA) is 59.2 Å². The fraction of sp³-hybridized carbons (Fsp3) is 0.733. The van der Waals surface area contributed by atoms with Gasteiger partial charge in [0.25, 0.3) is 0 Å². The third kappa shape index (κ3) is 3.04. The van der Waals surface area contributed by atoms with E-state index in [-0.39, 0.29) is 17.2 Å². The highest BCUT2D eigenvalue weighted by Crippen LogP contribution is 2.32. The van der Waals surface area contributed by atoms with Crippen LogP contribution in [0.1, 0.15) is 50.2 Å². The normalized spacial score (nSPS) is 17.2. The average molecular weight is 295 g/mol. The van der Waals surface area contributed by atoms with Crippen LogP contribution in [0.15, 0.2) is 0 Å². The molecule has 1 aliphatic heterocycles. The third-order valence-corrected chi connectivity index (χ3v) is 5.20. The number of hydrogen-bond acceptors (Lipinski definition) is 4. The smallest absolute Gasteiger partial charge is 0.240 e. The molecular formula is C15H25N3OS. The van der Waals surface area contributed by atoms with E-state index in [1.807, 2.05) is 18.7 Å². The highest BCUT2D eigenvalue weighted by atomic mass is 32.1. The van der Waals surface area contributed by atoms with Gasteiger partial charge in [-0.1, -0.05) is 34.6 Å². The number of hydrogen-bond donors (Lipinski definition) is 1. The molecule has 0 aromatic carbocycles. The molecule has 1 aromatic heterocycles. The number of nitrogens with two attached hydrogens (primary N) is 1. The molecule has 20 heavy (non-hydrogen) atoms. The van der Waals surface area contributed by atoms with Crippen LogP contribution in [0.2, 0.25) is 0 Å². The maximum atomic E-state index is 12.3. The largest absolute Gasteiger partial charge is 0.336 e. The van der Waals surface area contributed by atoms with Gasteiger partial charge in [0, 0.05) is 23.3 Å². The van der Waals surface area contributed by atoms with E-state index in [9.17, 15) is 4.79 Å². The molecule has 1 unspecified atom stereocenters. The summed E-state index contributed by atoms with van der Waals surface area (Å²) < 4.78 is 0. The van der Waals surface area contributed by atoms with E-state index in [2.05, 4.69) is 20.8 Å². The van der Waals surface area contributed by atoms with Crippen LogP contribution in [0, 0.1) is 5.92 Å². The first kappa shape index (κ1) is 15.4. The molecule has 0 saturated carbocycles. The van der Waals surface area contributed by atoms with Crippen LogP contribution in [0.3, 0.4) is 0 Å². The number of carbonyl (C=O) groups excluding carboxylic acids is 1. The van der Waals surface area contributed by atoms with Crippen molar-refractivity contribution in [2.75, 3.05) is 6.54 Å². The molecular weight excluding hydrogens is 270 g/mol. The van der Waals surface area contributed by atoms with Crippen LogP contribution in [0.5, 0.6) is 0 Å². The summed E-state index contributed by atoms with van der Waals surface area (Å²) in [7, 11) is 0. The molecule has 0 fully saturated rings. The van der Waals surface area contributed by atoms with Crippen molar-refractivity contribution in [2.24, 2.45) is 11.7 Å². The summed E-state index contributed by atoms with van der Waals surface area (Å²) in [6.07, 6.45) is 0.846. The number of amides is 1. The predicted octanol–water partition coefficient (Wildman–Crippen LogP) is 2.31. The fourth-order valence-electron chi connectivity index (χ4n) is 2.20. The molecule has 1 aromatic rings. The zero-order valence-electron chi connectivity index (χ0n) is 13.1. The minimum atomic E-state index is -0.397. The van der Waals surface area contributed by atoms with E-state index in [1.165, 1.54) is 10.6 Å². The summed E-state index contributed by atoms with van der Waals surface area (Å²) >= 11 is 1.74. The van der Waals surface area contributed by atoms with Crippen LogP contribution in [0.25, 0.3) is 0 Å². The van der Waals surface area contributed by atoms with Crippen molar-refractivity contribution in [3.8, 4) is 0 Å². The lowest BCUT2D eigenvalue weighted by Crippen LogP contribution is -2.47. The van der Waals surface area contributed by atoms with Crippen molar-refractivity contribution in [3.05, 3.63) is 15.6 Å². The molecule has 0 spiro atoms. The van der Waals surface area contributed by atoms with Gasteiger partial charge >= 0.3 is 0 Å². The number of thiazole rings is 1. The van der Waals surface area contributed by atoms with Gasteiger partial charge < -0.3 is 10.6 Å². The highest BCUT2D eigenvalue weighted by molar-refractivity contribution is 7.11. The monoisotopic (exact) mass is 295 g/mol. The molecule has 2 heterocycles. The van der Waals surface area contributed by atoms with Crippen LogP contribution >= 0.6 is 11.3 Å². The molecule has 4 nitrogen and oxygen atoms in total. The van der Waals surface area contributed by atoms with Gasteiger partial charge in [0.2, 0.25) is 5.91 Å². The molecule has 0 radical (unpaired) electrons. The van der Waals surface area contributed by atoms with Gasteiger partial charge in [-0.15, -0.1) is 11.3 Å². The molecule has 1 aliphatic rings. The second-order valence-electron chi connectivity index (χ2n) is 6.92. The van der Waals surface area contributed by atoms with Crippen molar-refractivity contribution < 1.29 is 4.79 Å². The standard InChI is InChI=1S/C15H25N3OS/c1-9(2)12(16)13(19)18-7-6-10-11(8-18)20-14(17-10)15(3,4)5/h9,12H,6-8,16H2,1-5H3. The third-order valence-electron chi connectivity index (χ3n) is 3.69. The van der Waals surface area contributed by atoms with Gasteiger partial charge in [-0.3, -0.25) is 4.79 Å². The summed E-state index contributed by atoms with van der Waals surface area (Å²) in [6.45, 7) is 11.9. The Morgan fingerprint density at radius 2 is 2.05 bits per heavy atom. The number of fused-ring (bicyclic) bond motifs is 1. The Balaban J connectivity index is 2.15. The molecule has 2 rings (SSSR count). The molecule has 0 saturated heterocycles.